The fourth-order valence-electron chi connectivity index (χ4n) is 1.86. The van der Waals surface area contributed by atoms with Crippen LogP contribution in [0.3, 0.4) is 0 Å². The fourth-order valence-corrected chi connectivity index (χ4v) is 1.86. The number of ether oxygens (including phenoxy) is 1. The molecule has 1 unspecified atom stereocenters. The lowest BCUT2D eigenvalue weighted by atomic mass is 10.0. The van der Waals surface area contributed by atoms with Gasteiger partial charge in [-0.05, 0) is 31.4 Å². The fraction of sp³-hybridized carbons (Fsp3) is 0.500. The number of cyclic esters (lactones) is 1. The van der Waals surface area contributed by atoms with Gasteiger partial charge in [-0.15, -0.1) is 5.73 Å². The van der Waals surface area contributed by atoms with Gasteiger partial charge in [0.15, 0.2) is 0 Å². The summed E-state index contributed by atoms with van der Waals surface area (Å²) in [6.07, 6.45) is 3.36. The first kappa shape index (κ1) is 15.2. The van der Waals surface area contributed by atoms with Gasteiger partial charge in [0.05, 0.1) is 12.6 Å². The first-order chi connectivity index (χ1) is 9.10. The van der Waals surface area contributed by atoms with Crippen LogP contribution in [0, 0.1) is 0 Å². The Kier molecular flexibility index (Phi) is 6.06. The van der Waals surface area contributed by atoms with Crippen molar-refractivity contribution in [2.75, 3.05) is 13.2 Å². The van der Waals surface area contributed by atoms with Gasteiger partial charge in [0.1, 0.15) is 6.61 Å². The molecule has 1 heterocycles. The van der Waals surface area contributed by atoms with Crippen molar-refractivity contribution in [1.29, 1.82) is 0 Å². The lowest BCUT2D eigenvalue weighted by Gasteiger charge is -2.13. The van der Waals surface area contributed by atoms with Crippen LogP contribution < -0.4 is 0 Å². The first-order valence-electron chi connectivity index (χ1n) is 6.27. The number of carbonyl (C=O) groups is 2. The topological polar surface area (TPSA) is 66.8 Å². The third-order valence-corrected chi connectivity index (χ3v) is 2.92. The molecule has 0 aromatic heterocycles. The van der Waals surface area contributed by atoms with E-state index >= 15 is 0 Å². The monoisotopic (exact) mass is 265 g/mol. The van der Waals surface area contributed by atoms with E-state index in [1.54, 1.807) is 12.2 Å². The minimum atomic E-state index is -0.641. The summed E-state index contributed by atoms with van der Waals surface area (Å²) in [6, 6.07) is 0. The van der Waals surface area contributed by atoms with Gasteiger partial charge in [0, 0.05) is 6.42 Å². The lowest BCUT2D eigenvalue weighted by Crippen LogP contribution is -2.31. The smallest absolute Gasteiger partial charge is 0.416 e. The first-order valence-corrected chi connectivity index (χ1v) is 6.27. The number of aliphatic hydroxyl groups excluding tert-OH is 1. The molecule has 5 nitrogen and oxygen atoms in total. The molecule has 1 aliphatic rings. The predicted molar refractivity (Wildman–Crippen MR) is 70.4 cm³/mol. The van der Waals surface area contributed by atoms with Crippen molar-refractivity contribution in [1.82, 2.24) is 4.90 Å². The molecule has 1 saturated heterocycles. The van der Waals surface area contributed by atoms with Gasteiger partial charge in [-0.1, -0.05) is 12.7 Å². The van der Waals surface area contributed by atoms with Crippen molar-refractivity contribution >= 4 is 12.0 Å². The van der Waals surface area contributed by atoms with E-state index in [-0.39, 0.29) is 18.9 Å². The molecule has 0 aromatic rings. The standard InChI is InChI=1S/C14H19NO4/c1-3-6-11(4-2)12(16)7-5-8-13(17)15-9-10-19-14(15)18/h4,6,12,16H,1,5,7-10H2,2H3/b11-4+. The summed E-state index contributed by atoms with van der Waals surface area (Å²) < 4.78 is 4.69. The molecule has 5 heteroatoms. The average Bonchev–Trinajstić information content (AvgIpc) is 2.81. The molecule has 1 rings (SSSR count). The zero-order valence-corrected chi connectivity index (χ0v) is 11.1. The molecule has 0 bridgehead atoms. The molecule has 1 atom stereocenters. The van der Waals surface area contributed by atoms with Crippen LogP contribution >= 0.6 is 0 Å². The van der Waals surface area contributed by atoms with Crippen molar-refractivity contribution < 1.29 is 19.4 Å². The Balaban J connectivity index is 2.35. The molecule has 19 heavy (non-hydrogen) atoms. The highest BCUT2D eigenvalue weighted by molar-refractivity contribution is 5.92. The Morgan fingerprint density at radius 1 is 1.68 bits per heavy atom. The maximum absolute atomic E-state index is 11.7. The molecular formula is C14H19NO4. The molecule has 0 radical (unpaired) electrons. The van der Waals surface area contributed by atoms with E-state index in [0.717, 1.165) is 10.5 Å². The number of aliphatic hydroxyl groups is 1. The van der Waals surface area contributed by atoms with Crippen molar-refractivity contribution in [3.05, 3.63) is 30.0 Å². The molecule has 2 amide bonds. The van der Waals surface area contributed by atoms with Gasteiger partial charge in [0.2, 0.25) is 5.91 Å². The minimum absolute atomic E-state index is 0.223. The summed E-state index contributed by atoms with van der Waals surface area (Å²) in [5.41, 5.74) is 3.33. The minimum Gasteiger partial charge on any atom is -0.447 e. The van der Waals surface area contributed by atoms with E-state index in [9.17, 15) is 14.7 Å². The van der Waals surface area contributed by atoms with E-state index in [2.05, 4.69) is 17.0 Å². The van der Waals surface area contributed by atoms with Crippen LogP contribution in [0.2, 0.25) is 0 Å². The molecule has 104 valence electrons. The molecule has 0 spiro atoms. The van der Waals surface area contributed by atoms with Gasteiger partial charge >= 0.3 is 6.09 Å². The summed E-state index contributed by atoms with van der Waals surface area (Å²) in [7, 11) is 0. The zero-order valence-electron chi connectivity index (χ0n) is 11.1. The molecule has 0 aromatic carbocycles. The molecule has 1 N–H and O–H groups in total. The highest BCUT2D eigenvalue weighted by Crippen LogP contribution is 2.13. The van der Waals surface area contributed by atoms with Crippen molar-refractivity contribution in [3.8, 4) is 0 Å². The van der Waals surface area contributed by atoms with E-state index < -0.39 is 12.2 Å². The largest absolute Gasteiger partial charge is 0.447 e. The maximum Gasteiger partial charge on any atom is 0.416 e. The number of hydrogen-bond donors (Lipinski definition) is 1. The maximum atomic E-state index is 11.7. The van der Waals surface area contributed by atoms with E-state index in [1.165, 1.54) is 0 Å². The predicted octanol–water partition coefficient (Wildman–Crippen LogP) is 1.78. The zero-order chi connectivity index (χ0) is 14.3. The Morgan fingerprint density at radius 2 is 2.42 bits per heavy atom. The second kappa shape index (κ2) is 7.56. The molecular weight excluding hydrogens is 246 g/mol. The van der Waals surface area contributed by atoms with Crippen molar-refractivity contribution in [2.45, 2.75) is 32.3 Å². The second-order valence-corrected chi connectivity index (χ2v) is 4.20. The van der Waals surface area contributed by atoms with Crippen LogP contribution in [0.4, 0.5) is 4.79 Å². The van der Waals surface area contributed by atoms with Gasteiger partial charge in [-0.3, -0.25) is 4.79 Å². The quantitative estimate of drug-likeness (QED) is 0.587. The van der Waals surface area contributed by atoms with E-state index in [0.29, 0.717) is 19.4 Å². The van der Waals surface area contributed by atoms with Crippen LogP contribution in [0.1, 0.15) is 26.2 Å². The van der Waals surface area contributed by atoms with E-state index in [4.69, 9.17) is 0 Å². The SMILES string of the molecule is C=C=C/C(=C\C)C(O)CCCC(=O)N1CCOC1=O. The molecule has 1 aliphatic heterocycles. The van der Waals surface area contributed by atoms with Crippen LogP contribution in [-0.4, -0.2) is 41.3 Å². The summed E-state index contributed by atoms with van der Waals surface area (Å²) in [6.45, 7) is 5.86. The van der Waals surface area contributed by atoms with Crippen LogP contribution in [0.25, 0.3) is 0 Å². The number of amides is 2. The third kappa shape index (κ3) is 4.39. The number of hydrogen-bond acceptors (Lipinski definition) is 4. The van der Waals surface area contributed by atoms with Crippen LogP contribution in [0.5, 0.6) is 0 Å². The average molecular weight is 265 g/mol. The summed E-state index contributed by atoms with van der Waals surface area (Å²) in [4.78, 5) is 24.0. The van der Waals surface area contributed by atoms with Crippen molar-refractivity contribution in [3.63, 3.8) is 0 Å². The summed E-state index contributed by atoms with van der Waals surface area (Å²) >= 11 is 0. The number of nitrogens with zero attached hydrogens (tertiary/aromatic N) is 1. The van der Waals surface area contributed by atoms with E-state index in [1.807, 2.05) is 6.92 Å². The number of imide groups is 1. The number of allylic oxidation sites excluding steroid dienone is 1. The Bertz CT molecular complexity index is 421. The highest BCUT2D eigenvalue weighted by Gasteiger charge is 2.27. The van der Waals surface area contributed by atoms with Crippen LogP contribution in [-0.2, 0) is 9.53 Å². The summed E-state index contributed by atoms with van der Waals surface area (Å²) in [5, 5.41) is 9.89. The molecule has 1 fully saturated rings. The summed E-state index contributed by atoms with van der Waals surface area (Å²) in [5.74, 6) is -0.254. The van der Waals surface area contributed by atoms with Gasteiger partial charge in [-0.25, -0.2) is 9.69 Å². The molecule has 0 saturated carbocycles. The number of carbonyl (C=O) groups excluding carboxylic acids is 2. The lowest BCUT2D eigenvalue weighted by molar-refractivity contribution is -0.127. The van der Waals surface area contributed by atoms with Crippen LogP contribution in [0.15, 0.2) is 30.0 Å². The normalized spacial score (nSPS) is 16.8. The second-order valence-electron chi connectivity index (χ2n) is 4.20. The Morgan fingerprint density at radius 3 is 2.95 bits per heavy atom. The van der Waals surface area contributed by atoms with Gasteiger partial charge in [0.25, 0.3) is 0 Å². The van der Waals surface area contributed by atoms with Crippen molar-refractivity contribution in [2.24, 2.45) is 0 Å². The highest BCUT2D eigenvalue weighted by atomic mass is 16.6. The van der Waals surface area contributed by atoms with Gasteiger partial charge < -0.3 is 9.84 Å². The number of rotatable bonds is 6. The van der Waals surface area contributed by atoms with Gasteiger partial charge in [-0.2, -0.15) is 0 Å². The third-order valence-electron chi connectivity index (χ3n) is 2.92. The molecule has 0 aliphatic carbocycles. The Hall–Kier alpha value is -1.84. The Labute approximate surface area is 112 Å².